The predicted molar refractivity (Wildman–Crippen MR) is 136 cm³/mol. The van der Waals surface area contributed by atoms with Gasteiger partial charge in [0, 0.05) is 54.9 Å². The number of hydrogen-bond donors (Lipinski definition) is 2. The highest BCUT2D eigenvalue weighted by atomic mass is 19.3. The van der Waals surface area contributed by atoms with Crippen molar-refractivity contribution in [3.63, 3.8) is 0 Å². The summed E-state index contributed by atoms with van der Waals surface area (Å²) in [4.78, 5) is 28.0. The number of anilines is 3. The van der Waals surface area contributed by atoms with Crippen molar-refractivity contribution >= 4 is 45.1 Å². The second-order valence-electron chi connectivity index (χ2n) is 9.56. The molecule has 9 nitrogen and oxygen atoms in total. The number of alkyl halides is 2. The van der Waals surface area contributed by atoms with E-state index in [2.05, 4.69) is 27.5 Å². The first-order valence-corrected chi connectivity index (χ1v) is 12.2. The van der Waals surface area contributed by atoms with Crippen LogP contribution in [0.1, 0.15) is 13.3 Å². The van der Waals surface area contributed by atoms with E-state index in [0.29, 0.717) is 46.7 Å². The van der Waals surface area contributed by atoms with Gasteiger partial charge in [-0.25, -0.2) is 23.7 Å². The van der Waals surface area contributed by atoms with E-state index >= 15 is 0 Å². The maximum absolute atomic E-state index is 13.2. The molecule has 1 aliphatic carbocycles. The number of aromatic nitrogens is 3. The standard InChI is InChI=1S/C26H26F2N6O3/c1-13-7-15(13)25(35)33-22-9-16-17(10-30-22)24(29-2)31-11-18(16)26-32-19-8-14(3-4-20(19)37-26)34-5-6-36-21(12-34)23(27)28/h3-4,8-11,13,15,21,23H,5-7,12H2,1-2H3,(H,29,31)(H,30,33,35)/t13-,15+,21+/m1/s1. The number of amides is 1. The minimum atomic E-state index is -2.54. The fourth-order valence-corrected chi connectivity index (χ4v) is 4.77. The Kier molecular flexibility index (Phi) is 5.86. The Hall–Kier alpha value is -3.86. The van der Waals surface area contributed by atoms with Crippen LogP contribution in [0.15, 0.2) is 41.1 Å². The number of nitrogens with zero attached hydrogens (tertiary/aromatic N) is 4. The van der Waals surface area contributed by atoms with E-state index < -0.39 is 12.5 Å². The summed E-state index contributed by atoms with van der Waals surface area (Å²) in [6, 6.07) is 7.26. The summed E-state index contributed by atoms with van der Waals surface area (Å²) in [5.74, 6) is 1.83. The Labute approximate surface area is 211 Å². The van der Waals surface area contributed by atoms with Crippen molar-refractivity contribution in [2.45, 2.75) is 25.9 Å². The predicted octanol–water partition coefficient (Wildman–Crippen LogP) is 4.54. The van der Waals surface area contributed by atoms with E-state index in [9.17, 15) is 13.6 Å². The quantitative estimate of drug-likeness (QED) is 0.391. The number of ether oxygens (including phenoxy) is 1. The molecule has 0 unspecified atom stereocenters. The van der Waals surface area contributed by atoms with Crippen LogP contribution in [0, 0.1) is 11.8 Å². The number of carbonyl (C=O) groups excluding carboxylic acids is 1. The average molecular weight is 509 g/mol. The molecule has 2 aliphatic rings. The summed E-state index contributed by atoms with van der Waals surface area (Å²) >= 11 is 0. The third kappa shape index (κ3) is 4.43. The number of halogens is 2. The molecule has 1 aromatic carbocycles. The van der Waals surface area contributed by atoms with Crippen LogP contribution in [0.4, 0.5) is 26.1 Å². The largest absolute Gasteiger partial charge is 0.436 e. The lowest BCUT2D eigenvalue weighted by atomic mass is 10.1. The van der Waals surface area contributed by atoms with Crippen LogP contribution in [0.3, 0.4) is 0 Å². The molecule has 2 fully saturated rings. The topological polar surface area (TPSA) is 105 Å². The monoisotopic (exact) mass is 508 g/mol. The van der Waals surface area contributed by atoms with Gasteiger partial charge in [-0.1, -0.05) is 6.92 Å². The van der Waals surface area contributed by atoms with Crippen molar-refractivity contribution in [2.75, 3.05) is 42.3 Å². The van der Waals surface area contributed by atoms with Crippen LogP contribution >= 0.6 is 0 Å². The summed E-state index contributed by atoms with van der Waals surface area (Å²) in [5, 5.41) is 7.51. The average Bonchev–Trinajstić information content (AvgIpc) is 3.50. The number of hydrogen-bond acceptors (Lipinski definition) is 8. The highest BCUT2D eigenvalue weighted by Gasteiger charge is 2.39. The molecule has 6 rings (SSSR count). The van der Waals surface area contributed by atoms with Crippen LogP contribution in [0.2, 0.25) is 0 Å². The van der Waals surface area contributed by atoms with Crippen molar-refractivity contribution in [2.24, 2.45) is 11.8 Å². The molecule has 1 saturated carbocycles. The first-order chi connectivity index (χ1) is 17.9. The molecule has 0 radical (unpaired) electrons. The molecule has 1 amide bonds. The maximum Gasteiger partial charge on any atom is 0.266 e. The molecule has 0 bridgehead atoms. The van der Waals surface area contributed by atoms with Gasteiger partial charge in [0.2, 0.25) is 11.8 Å². The van der Waals surface area contributed by atoms with Gasteiger partial charge < -0.3 is 24.7 Å². The van der Waals surface area contributed by atoms with Gasteiger partial charge in [-0.3, -0.25) is 4.79 Å². The SMILES string of the molecule is CNc1ncc(-c2nc3cc(N4CCO[C@H](C(F)F)C4)ccc3o2)c2cc(NC(=O)[C@H]3C[C@H]3C)ncc12. The van der Waals surface area contributed by atoms with Gasteiger partial charge >= 0.3 is 0 Å². The maximum atomic E-state index is 13.2. The van der Waals surface area contributed by atoms with E-state index in [0.717, 1.165) is 22.9 Å². The number of fused-ring (bicyclic) bond motifs is 2. The number of morpholine rings is 1. The Morgan fingerprint density at radius 1 is 1.19 bits per heavy atom. The molecule has 4 heterocycles. The Balaban J connectivity index is 1.36. The van der Waals surface area contributed by atoms with E-state index in [1.54, 1.807) is 31.6 Å². The molecule has 3 atom stereocenters. The molecule has 1 saturated heterocycles. The molecule has 0 spiro atoms. The number of benzene rings is 1. The molecule has 1 aliphatic heterocycles. The van der Waals surface area contributed by atoms with Crippen molar-refractivity contribution < 1.29 is 22.7 Å². The number of rotatable bonds is 6. The summed E-state index contributed by atoms with van der Waals surface area (Å²) < 4.78 is 37.6. The Morgan fingerprint density at radius 2 is 2.03 bits per heavy atom. The lowest BCUT2D eigenvalue weighted by Crippen LogP contribution is -2.45. The zero-order chi connectivity index (χ0) is 25.7. The van der Waals surface area contributed by atoms with Crippen LogP contribution in [0.25, 0.3) is 33.3 Å². The number of oxazole rings is 1. The minimum absolute atomic E-state index is 0.0240. The molecular formula is C26H26F2N6O3. The van der Waals surface area contributed by atoms with Crippen molar-refractivity contribution in [1.82, 2.24) is 15.0 Å². The fraction of sp³-hybridized carbons (Fsp3) is 0.385. The van der Waals surface area contributed by atoms with Gasteiger partial charge in [-0.05, 0) is 36.6 Å². The highest BCUT2D eigenvalue weighted by molar-refractivity contribution is 6.03. The lowest BCUT2D eigenvalue weighted by Gasteiger charge is -2.34. The minimum Gasteiger partial charge on any atom is -0.436 e. The molecular weight excluding hydrogens is 482 g/mol. The van der Waals surface area contributed by atoms with E-state index in [1.165, 1.54) is 0 Å². The summed E-state index contributed by atoms with van der Waals surface area (Å²) in [6.07, 6.45) is 0.567. The summed E-state index contributed by atoms with van der Waals surface area (Å²) in [6.45, 7) is 2.91. The van der Waals surface area contributed by atoms with Crippen molar-refractivity contribution in [3.8, 4) is 11.5 Å². The smallest absolute Gasteiger partial charge is 0.266 e. The third-order valence-corrected chi connectivity index (χ3v) is 7.05. The van der Waals surface area contributed by atoms with Gasteiger partial charge in [0.05, 0.1) is 12.2 Å². The van der Waals surface area contributed by atoms with Crippen LogP contribution in [-0.4, -0.2) is 60.1 Å². The number of carbonyl (C=O) groups is 1. The second kappa shape index (κ2) is 9.22. The van der Waals surface area contributed by atoms with Crippen molar-refractivity contribution in [1.29, 1.82) is 0 Å². The number of nitrogens with one attached hydrogen (secondary N) is 2. The fourth-order valence-electron chi connectivity index (χ4n) is 4.77. The van der Waals surface area contributed by atoms with E-state index in [1.807, 2.05) is 17.0 Å². The first-order valence-electron chi connectivity index (χ1n) is 12.2. The van der Waals surface area contributed by atoms with Gasteiger partial charge in [0.1, 0.15) is 23.3 Å². The van der Waals surface area contributed by atoms with Gasteiger partial charge in [-0.2, -0.15) is 0 Å². The molecule has 2 N–H and O–H groups in total. The first kappa shape index (κ1) is 23.5. The van der Waals surface area contributed by atoms with Crippen LogP contribution < -0.4 is 15.5 Å². The van der Waals surface area contributed by atoms with Crippen LogP contribution in [-0.2, 0) is 9.53 Å². The number of pyridine rings is 2. The van der Waals surface area contributed by atoms with Crippen molar-refractivity contribution in [3.05, 3.63) is 36.7 Å². The van der Waals surface area contributed by atoms with Gasteiger partial charge in [-0.15, -0.1) is 0 Å². The second-order valence-corrected chi connectivity index (χ2v) is 9.56. The van der Waals surface area contributed by atoms with Crippen LogP contribution in [0.5, 0.6) is 0 Å². The summed E-state index contributed by atoms with van der Waals surface area (Å²) in [7, 11) is 1.77. The zero-order valence-electron chi connectivity index (χ0n) is 20.4. The van der Waals surface area contributed by atoms with Gasteiger partial charge in [0.25, 0.3) is 6.43 Å². The molecule has 192 valence electrons. The Bertz CT molecular complexity index is 1490. The Morgan fingerprint density at radius 3 is 2.78 bits per heavy atom. The highest BCUT2D eigenvalue weighted by Crippen LogP contribution is 2.39. The lowest BCUT2D eigenvalue weighted by molar-refractivity contribution is -0.117. The normalized spacial score (nSPS) is 21.5. The molecule has 11 heteroatoms. The summed E-state index contributed by atoms with van der Waals surface area (Å²) in [5.41, 5.74) is 2.59. The zero-order valence-corrected chi connectivity index (χ0v) is 20.4. The third-order valence-electron chi connectivity index (χ3n) is 7.05. The molecule has 4 aromatic rings. The van der Waals surface area contributed by atoms with Gasteiger partial charge in [0.15, 0.2) is 5.58 Å². The van der Waals surface area contributed by atoms with E-state index in [4.69, 9.17) is 14.1 Å². The molecule has 3 aromatic heterocycles. The molecule has 37 heavy (non-hydrogen) atoms. The van der Waals surface area contributed by atoms with E-state index in [-0.39, 0.29) is 25.0 Å².